The van der Waals surface area contributed by atoms with E-state index in [9.17, 15) is 0 Å². The van der Waals surface area contributed by atoms with Crippen LogP contribution in [0.5, 0.6) is 0 Å². The summed E-state index contributed by atoms with van der Waals surface area (Å²) in [7, 11) is 0. The number of fused-ring (bicyclic) bond motifs is 1. The van der Waals surface area contributed by atoms with Gasteiger partial charge in [-0.05, 0) is 42.4 Å². The molecule has 4 atom stereocenters. The fourth-order valence-electron chi connectivity index (χ4n) is 4.24. The molecule has 0 aromatic rings. The zero-order chi connectivity index (χ0) is 9.42. The first-order valence-corrected chi connectivity index (χ1v) is 6.20. The maximum absolute atomic E-state index is 2.49. The lowest BCUT2D eigenvalue weighted by Crippen LogP contribution is -2.24. The van der Waals surface area contributed by atoms with E-state index < -0.39 is 0 Å². The van der Waals surface area contributed by atoms with Crippen molar-refractivity contribution in [3.63, 3.8) is 0 Å². The number of hydrogen-bond acceptors (Lipinski definition) is 0. The minimum Gasteiger partial charge on any atom is -0.0625 e. The van der Waals surface area contributed by atoms with Crippen LogP contribution in [0, 0.1) is 29.6 Å². The highest BCUT2D eigenvalue weighted by Gasteiger charge is 2.42. The van der Waals surface area contributed by atoms with Crippen LogP contribution in [0.1, 0.15) is 52.9 Å². The van der Waals surface area contributed by atoms with E-state index in [4.69, 9.17) is 0 Å². The average molecular weight is 180 g/mol. The Morgan fingerprint density at radius 2 is 1.77 bits per heavy atom. The maximum atomic E-state index is 2.49. The summed E-state index contributed by atoms with van der Waals surface area (Å²) in [4.78, 5) is 0. The Morgan fingerprint density at radius 3 is 2.46 bits per heavy atom. The molecule has 0 bridgehead atoms. The lowest BCUT2D eigenvalue weighted by atomic mass is 9.74. The molecule has 0 aromatic carbocycles. The Balaban J connectivity index is 2.09. The second-order valence-corrected chi connectivity index (χ2v) is 5.74. The predicted octanol–water partition coefficient (Wildman–Crippen LogP) is 4.10. The maximum Gasteiger partial charge on any atom is -0.0334 e. The monoisotopic (exact) mass is 180 g/mol. The molecule has 0 nitrogen and oxygen atoms in total. The molecule has 2 rings (SSSR count). The van der Waals surface area contributed by atoms with E-state index >= 15 is 0 Å². The van der Waals surface area contributed by atoms with Crippen LogP contribution in [0.3, 0.4) is 0 Å². The quantitative estimate of drug-likeness (QED) is 0.570. The first-order chi connectivity index (χ1) is 6.20. The van der Waals surface area contributed by atoms with Crippen LogP contribution in [0.2, 0.25) is 0 Å². The molecular formula is C13H24. The fraction of sp³-hybridized carbons (Fsp3) is 1.00. The second kappa shape index (κ2) is 3.63. The van der Waals surface area contributed by atoms with E-state index in [1.807, 2.05) is 0 Å². The lowest BCUT2D eigenvalue weighted by Gasteiger charge is -2.32. The van der Waals surface area contributed by atoms with Crippen LogP contribution in [0.25, 0.3) is 0 Å². The van der Waals surface area contributed by atoms with Gasteiger partial charge in [0.2, 0.25) is 0 Å². The van der Waals surface area contributed by atoms with Gasteiger partial charge in [0.15, 0.2) is 0 Å². The number of rotatable bonds is 1. The highest BCUT2D eigenvalue weighted by atomic mass is 14.5. The van der Waals surface area contributed by atoms with Gasteiger partial charge < -0.3 is 0 Å². The van der Waals surface area contributed by atoms with Crippen LogP contribution >= 0.6 is 0 Å². The molecule has 0 aromatic heterocycles. The third kappa shape index (κ3) is 1.65. The molecule has 2 aliphatic carbocycles. The molecule has 76 valence electrons. The molecule has 13 heavy (non-hydrogen) atoms. The van der Waals surface area contributed by atoms with Gasteiger partial charge in [0.25, 0.3) is 0 Å². The van der Waals surface area contributed by atoms with Gasteiger partial charge in [-0.2, -0.15) is 0 Å². The third-order valence-corrected chi connectivity index (χ3v) is 4.56. The minimum atomic E-state index is 0.920. The fourth-order valence-corrected chi connectivity index (χ4v) is 4.24. The second-order valence-electron chi connectivity index (χ2n) is 5.74. The lowest BCUT2D eigenvalue weighted by molar-refractivity contribution is 0.178. The van der Waals surface area contributed by atoms with Gasteiger partial charge in [0.1, 0.15) is 0 Å². The first-order valence-electron chi connectivity index (χ1n) is 6.20. The van der Waals surface area contributed by atoms with Crippen molar-refractivity contribution >= 4 is 0 Å². The van der Waals surface area contributed by atoms with Crippen molar-refractivity contribution in [1.29, 1.82) is 0 Å². The van der Waals surface area contributed by atoms with Crippen molar-refractivity contribution < 1.29 is 0 Å². The molecule has 4 unspecified atom stereocenters. The van der Waals surface area contributed by atoms with Crippen molar-refractivity contribution in [2.45, 2.75) is 52.9 Å². The standard InChI is InChI=1S/C13H24/c1-9(2)13-10(3)8-11-6-4-5-7-12(11)13/h9-13H,4-8H2,1-3H3. The molecule has 2 aliphatic rings. The molecule has 0 heterocycles. The molecule has 0 N–H and O–H groups in total. The van der Waals surface area contributed by atoms with Gasteiger partial charge in [-0.3, -0.25) is 0 Å². The molecule has 0 radical (unpaired) electrons. The summed E-state index contributed by atoms with van der Waals surface area (Å²) in [5.74, 6) is 5.18. The summed E-state index contributed by atoms with van der Waals surface area (Å²) in [6.45, 7) is 7.35. The largest absolute Gasteiger partial charge is 0.0625 e. The van der Waals surface area contributed by atoms with Gasteiger partial charge in [-0.1, -0.05) is 40.0 Å². The van der Waals surface area contributed by atoms with Crippen molar-refractivity contribution in [3.05, 3.63) is 0 Å². The highest BCUT2D eigenvalue weighted by Crippen LogP contribution is 2.51. The summed E-state index contributed by atoms with van der Waals surface area (Å²) >= 11 is 0. The molecule has 2 saturated carbocycles. The Bertz CT molecular complexity index is 171. The summed E-state index contributed by atoms with van der Waals surface area (Å²) in [6, 6.07) is 0. The van der Waals surface area contributed by atoms with Crippen LogP contribution in [-0.2, 0) is 0 Å². The molecular weight excluding hydrogens is 156 g/mol. The van der Waals surface area contributed by atoms with E-state index in [0.29, 0.717) is 0 Å². The molecule has 0 spiro atoms. The van der Waals surface area contributed by atoms with E-state index in [0.717, 1.165) is 29.6 Å². The SMILES string of the molecule is CC(C)C1C(C)CC2CCCCC21. The summed E-state index contributed by atoms with van der Waals surface area (Å²) in [6.07, 6.45) is 7.64. The third-order valence-electron chi connectivity index (χ3n) is 4.56. The van der Waals surface area contributed by atoms with Crippen molar-refractivity contribution in [3.8, 4) is 0 Å². The minimum absolute atomic E-state index is 0.920. The van der Waals surface area contributed by atoms with Crippen molar-refractivity contribution in [2.24, 2.45) is 29.6 Å². The zero-order valence-corrected chi connectivity index (χ0v) is 9.42. The van der Waals surface area contributed by atoms with Gasteiger partial charge in [-0.15, -0.1) is 0 Å². The van der Waals surface area contributed by atoms with Gasteiger partial charge in [-0.25, -0.2) is 0 Å². The predicted molar refractivity (Wildman–Crippen MR) is 57.6 cm³/mol. The first kappa shape index (κ1) is 9.55. The number of hydrogen-bond donors (Lipinski definition) is 0. The average Bonchev–Trinajstić information content (AvgIpc) is 2.39. The molecule has 0 amide bonds. The van der Waals surface area contributed by atoms with E-state index in [-0.39, 0.29) is 0 Å². The zero-order valence-electron chi connectivity index (χ0n) is 9.42. The van der Waals surface area contributed by atoms with E-state index in [1.165, 1.54) is 32.1 Å². The van der Waals surface area contributed by atoms with Crippen LogP contribution in [0.4, 0.5) is 0 Å². The summed E-state index contributed by atoms with van der Waals surface area (Å²) in [5.41, 5.74) is 0. The Hall–Kier alpha value is 0. The van der Waals surface area contributed by atoms with Crippen LogP contribution in [0.15, 0.2) is 0 Å². The van der Waals surface area contributed by atoms with E-state index in [2.05, 4.69) is 20.8 Å². The van der Waals surface area contributed by atoms with Gasteiger partial charge in [0, 0.05) is 0 Å². The molecule has 2 fully saturated rings. The summed E-state index contributed by atoms with van der Waals surface area (Å²) in [5, 5.41) is 0. The summed E-state index contributed by atoms with van der Waals surface area (Å²) < 4.78 is 0. The molecule has 0 aliphatic heterocycles. The van der Waals surface area contributed by atoms with Gasteiger partial charge >= 0.3 is 0 Å². The van der Waals surface area contributed by atoms with Crippen molar-refractivity contribution in [2.75, 3.05) is 0 Å². The van der Waals surface area contributed by atoms with Crippen molar-refractivity contribution in [1.82, 2.24) is 0 Å². The topological polar surface area (TPSA) is 0 Å². The Kier molecular flexibility index (Phi) is 2.67. The highest BCUT2D eigenvalue weighted by molar-refractivity contribution is 4.92. The smallest absolute Gasteiger partial charge is 0.0334 e. The van der Waals surface area contributed by atoms with Crippen LogP contribution in [-0.4, -0.2) is 0 Å². The molecule has 0 heteroatoms. The van der Waals surface area contributed by atoms with Crippen LogP contribution < -0.4 is 0 Å². The van der Waals surface area contributed by atoms with Gasteiger partial charge in [0.05, 0.1) is 0 Å². The van der Waals surface area contributed by atoms with E-state index in [1.54, 1.807) is 0 Å². The Morgan fingerprint density at radius 1 is 1.08 bits per heavy atom. The Labute approximate surface area is 83.1 Å². The molecule has 0 saturated heterocycles. The normalized spacial score (nSPS) is 45.2.